The Hall–Kier alpha value is -2.18. The Kier molecular flexibility index (Phi) is 1.77. The summed E-state index contributed by atoms with van der Waals surface area (Å²) in [5.74, 6) is 0. The van der Waals surface area contributed by atoms with Crippen LogP contribution in [0.25, 0.3) is 11.0 Å². The summed E-state index contributed by atoms with van der Waals surface area (Å²) in [6.45, 7) is 0. The maximum absolute atomic E-state index is 10.6. The van der Waals surface area contributed by atoms with Crippen LogP contribution in [-0.2, 0) is 0 Å². The Bertz CT molecular complexity index is 493. The molecule has 0 spiro atoms. The topological polar surface area (TPSA) is 94.1 Å². The summed E-state index contributed by atoms with van der Waals surface area (Å²) in [6, 6.07) is 2.82. The first-order valence-corrected chi connectivity index (χ1v) is 3.67. The van der Waals surface area contributed by atoms with Gasteiger partial charge < -0.3 is 5.32 Å². The SMILES string of the molecule is [CH2]Nc1ccc([N+](=O)[O-])c2nonc12. The molecule has 0 saturated carbocycles. The zero-order chi connectivity index (χ0) is 10.1. The first kappa shape index (κ1) is 8.42. The Labute approximate surface area is 77.8 Å². The summed E-state index contributed by atoms with van der Waals surface area (Å²) in [6.07, 6.45) is 0. The minimum Gasteiger partial charge on any atom is -0.381 e. The van der Waals surface area contributed by atoms with E-state index in [2.05, 4.69) is 27.3 Å². The molecular weight excluding hydrogens is 188 g/mol. The van der Waals surface area contributed by atoms with Gasteiger partial charge in [-0.15, -0.1) is 0 Å². The van der Waals surface area contributed by atoms with Crippen LogP contribution >= 0.6 is 0 Å². The van der Waals surface area contributed by atoms with Gasteiger partial charge >= 0.3 is 5.69 Å². The molecule has 71 valence electrons. The molecule has 0 unspecified atom stereocenters. The number of aromatic nitrogens is 2. The van der Waals surface area contributed by atoms with Gasteiger partial charge in [0.15, 0.2) is 5.52 Å². The second-order valence-electron chi connectivity index (χ2n) is 2.53. The summed E-state index contributed by atoms with van der Waals surface area (Å²) in [4.78, 5) is 10.0. The van der Waals surface area contributed by atoms with Crippen LogP contribution in [0.3, 0.4) is 0 Å². The van der Waals surface area contributed by atoms with Gasteiger partial charge in [0.05, 0.1) is 10.6 Å². The van der Waals surface area contributed by atoms with E-state index in [0.29, 0.717) is 11.2 Å². The average molecular weight is 193 g/mol. The van der Waals surface area contributed by atoms with E-state index in [1.165, 1.54) is 12.1 Å². The van der Waals surface area contributed by atoms with E-state index in [-0.39, 0.29) is 11.2 Å². The smallest absolute Gasteiger partial charge is 0.300 e. The number of hydrogen-bond acceptors (Lipinski definition) is 6. The lowest BCUT2D eigenvalue weighted by Gasteiger charge is -1.97. The normalized spacial score (nSPS) is 10.4. The molecule has 1 radical (unpaired) electrons. The predicted octanol–water partition coefficient (Wildman–Crippen LogP) is 1.33. The van der Waals surface area contributed by atoms with E-state index < -0.39 is 4.92 Å². The van der Waals surface area contributed by atoms with Crippen molar-refractivity contribution in [1.82, 2.24) is 10.3 Å². The van der Waals surface area contributed by atoms with Crippen molar-refractivity contribution < 1.29 is 9.55 Å². The number of non-ortho nitro benzene ring substituents is 1. The molecule has 2 rings (SSSR count). The van der Waals surface area contributed by atoms with Crippen molar-refractivity contribution >= 4 is 22.4 Å². The fraction of sp³-hybridized carbons (Fsp3) is 0. The summed E-state index contributed by atoms with van der Waals surface area (Å²) < 4.78 is 4.43. The highest BCUT2D eigenvalue weighted by Gasteiger charge is 2.18. The van der Waals surface area contributed by atoms with Gasteiger partial charge in [-0.3, -0.25) is 10.1 Å². The number of nitro groups is 1. The maximum Gasteiger partial charge on any atom is 0.300 e. The van der Waals surface area contributed by atoms with E-state index in [4.69, 9.17) is 0 Å². The number of nitrogens with one attached hydrogen (secondary N) is 1. The van der Waals surface area contributed by atoms with Crippen LogP contribution in [-0.4, -0.2) is 15.2 Å². The van der Waals surface area contributed by atoms with Crippen LogP contribution in [0.5, 0.6) is 0 Å². The van der Waals surface area contributed by atoms with Gasteiger partial charge in [-0.25, -0.2) is 4.63 Å². The highest BCUT2D eigenvalue weighted by atomic mass is 16.6. The Morgan fingerprint density at radius 1 is 1.43 bits per heavy atom. The molecule has 0 fully saturated rings. The fourth-order valence-electron chi connectivity index (χ4n) is 1.14. The molecular formula is C7H5N4O3. The third-order valence-electron chi connectivity index (χ3n) is 1.78. The summed E-state index contributed by atoms with van der Waals surface area (Å²) in [7, 11) is 3.43. The zero-order valence-corrected chi connectivity index (χ0v) is 6.93. The van der Waals surface area contributed by atoms with Gasteiger partial charge in [0.2, 0.25) is 5.52 Å². The minimum absolute atomic E-state index is 0.114. The van der Waals surface area contributed by atoms with E-state index in [1.807, 2.05) is 0 Å². The van der Waals surface area contributed by atoms with Crippen LogP contribution in [0.2, 0.25) is 0 Å². The van der Waals surface area contributed by atoms with Crippen LogP contribution in [0.1, 0.15) is 0 Å². The van der Waals surface area contributed by atoms with Gasteiger partial charge in [0, 0.05) is 13.1 Å². The molecule has 1 aromatic carbocycles. The molecule has 7 heteroatoms. The largest absolute Gasteiger partial charge is 0.381 e. The molecule has 14 heavy (non-hydrogen) atoms. The third-order valence-corrected chi connectivity index (χ3v) is 1.78. The number of anilines is 1. The molecule has 0 atom stereocenters. The molecule has 0 amide bonds. The molecule has 0 aliphatic heterocycles. The summed E-state index contributed by atoms with van der Waals surface area (Å²) in [5.41, 5.74) is 0.810. The van der Waals surface area contributed by atoms with Crippen LogP contribution in [0, 0.1) is 17.2 Å². The maximum atomic E-state index is 10.6. The summed E-state index contributed by atoms with van der Waals surface area (Å²) >= 11 is 0. The lowest BCUT2D eigenvalue weighted by Crippen LogP contribution is -1.92. The monoisotopic (exact) mass is 193 g/mol. The van der Waals surface area contributed by atoms with Crippen LogP contribution < -0.4 is 5.32 Å². The molecule has 7 nitrogen and oxygen atoms in total. The Balaban J connectivity index is 2.78. The highest BCUT2D eigenvalue weighted by Crippen LogP contribution is 2.28. The molecule has 0 bridgehead atoms. The number of nitro benzene ring substituents is 1. The van der Waals surface area contributed by atoms with E-state index in [9.17, 15) is 10.1 Å². The molecule has 1 heterocycles. The fourth-order valence-corrected chi connectivity index (χ4v) is 1.14. The van der Waals surface area contributed by atoms with Crippen LogP contribution in [0.15, 0.2) is 16.8 Å². The highest BCUT2D eigenvalue weighted by molar-refractivity contribution is 5.93. The summed E-state index contributed by atoms with van der Waals surface area (Å²) in [5, 5.41) is 20.2. The van der Waals surface area contributed by atoms with Crippen molar-refractivity contribution in [2.24, 2.45) is 0 Å². The van der Waals surface area contributed by atoms with E-state index >= 15 is 0 Å². The quantitative estimate of drug-likeness (QED) is 0.571. The van der Waals surface area contributed by atoms with E-state index in [1.54, 1.807) is 0 Å². The first-order chi connectivity index (χ1) is 6.74. The van der Waals surface area contributed by atoms with Gasteiger partial charge in [0.1, 0.15) is 0 Å². The second-order valence-corrected chi connectivity index (χ2v) is 2.53. The molecule has 1 aromatic heterocycles. The van der Waals surface area contributed by atoms with Crippen molar-refractivity contribution in [2.75, 3.05) is 5.32 Å². The predicted molar refractivity (Wildman–Crippen MR) is 47.4 cm³/mol. The molecule has 0 aliphatic carbocycles. The number of rotatable bonds is 2. The third kappa shape index (κ3) is 1.06. The Morgan fingerprint density at radius 2 is 2.14 bits per heavy atom. The van der Waals surface area contributed by atoms with Gasteiger partial charge in [-0.05, 0) is 16.4 Å². The number of nitrogens with zero attached hydrogens (tertiary/aromatic N) is 3. The molecule has 0 aliphatic rings. The van der Waals surface area contributed by atoms with Crippen LogP contribution in [0.4, 0.5) is 11.4 Å². The number of hydrogen-bond donors (Lipinski definition) is 1. The minimum atomic E-state index is -0.542. The van der Waals surface area contributed by atoms with Gasteiger partial charge in [-0.2, -0.15) is 0 Å². The molecule has 0 saturated heterocycles. The number of fused-ring (bicyclic) bond motifs is 1. The second kappa shape index (κ2) is 2.95. The van der Waals surface area contributed by atoms with Gasteiger partial charge in [0.25, 0.3) is 0 Å². The zero-order valence-electron chi connectivity index (χ0n) is 6.93. The van der Waals surface area contributed by atoms with Crippen molar-refractivity contribution in [3.8, 4) is 0 Å². The first-order valence-electron chi connectivity index (χ1n) is 3.67. The van der Waals surface area contributed by atoms with E-state index in [0.717, 1.165) is 0 Å². The van der Waals surface area contributed by atoms with Crippen molar-refractivity contribution in [1.29, 1.82) is 0 Å². The molecule has 1 N–H and O–H groups in total. The molecule has 2 aromatic rings. The van der Waals surface area contributed by atoms with Gasteiger partial charge in [-0.1, -0.05) is 0 Å². The Morgan fingerprint density at radius 3 is 2.79 bits per heavy atom. The van der Waals surface area contributed by atoms with Crippen molar-refractivity contribution in [3.05, 3.63) is 29.3 Å². The average Bonchev–Trinajstić information content (AvgIpc) is 2.64. The lowest BCUT2D eigenvalue weighted by atomic mass is 10.2. The van der Waals surface area contributed by atoms with Crippen molar-refractivity contribution in [3.63, 3.8) is 0 Å². The number of benzene rings is 1. The lowest BCUT2D eigenvalue weighted by molar-refractivity contribution is -0.383. The van der Waals surface area contributed by atoms with Crippen molar-refractivity contribution in [2.45, 2.75) is 0 Å². The standard InChI is InChI=1S/C7H5N4O3/c1-8-4-2-3-5(11(12)13)7-6(4)9-14-10-7/h2-3,8H,1H2.